The second-order valence-corrected chi connectivity index (χ2v) is 5.42. The summed E-state index contributed by atoms with van der Waals surface area (Å²) in [7, 11) is 0. The standard InChI is InChI=1S/C14H25N3/c1-4-12-5-7-13(8-6-12)15-9-14-10(2)16-17-11(14)3/h12-13,15H,4-9H2,1-3H3,(H,16,17). The molecule has 1 aliphatic rings. The maximum Gasteiger partial charge on any atom is 0.0638 e. The summed E-state index contributed by atoms with van der Waals surface area (Å²) < 4.78 is 0. The first-order valence-corrected chi connectivity index (χ1v) is 6.94. The molecule has 0 aromatic carbocycles. The van der Waals surface area contributed by atoms with Gasteiger partial charge in [0.15, 0.2) is 0 Å². The predicted molar refractivity (Wildman–Crippen MR) is 70.9 cm³/mol. The Hall–Kier alpha value is -0.830. The van der Waals surface area contributed by atoms with Gasteiger partial charge in [-0.25, -0.2) is 0 Å². The lowest BCUT2D eigenvalue weighted by Gasteiger charge is -2.28. The predicted octanol–water partition coefficient (Wildman–Crippen LogP) is 3.08. The monoisotopic (exact) mass is 235 g/mol. The number of rotatable bonds is 4. The number of H-pyrrole nitrogens is 1. The molecule has 3 nitrogen and oxygen atoms in total. The third kappa shape index (κ3) is 3.09. The molecule has 1 saturated carbocycles. The molecule has 1 fully saturated rings. The first-order valence-electron chi connectivity index (χ1n) is 6.94. The molecule has 1 aliphatic carbocycles. The fourth-order valence-electron chi connectivity index (χ4n) is 2.86. The summed E-state index contributed by atoms with van der Waals surface area (Å²) in [5.74, 6) is 0.977. The van der Waals surface area contributed by atoms with Crippen LogP contribution in [0.2, 0.25) is 0 Å². The van der Waals surface area contributed by atoms with Crippen LogP contribution in [0.3, 0.4) is 0 Å². The summed E-state index contributed by atoms with van der Waals surface area (Å²) in [4.78, 5) is 0. The molecular formula is C14H25N3. The summed E-state index contributed by atoms with van der Waals surface area (Å²) in [5, 5.41) is 11.0. The second kappa shape index (κ2) is 5.67. The molecule has 96 valence electrons. The summed E-state index contributed by atoms with van der Waals surface area (Å²) >= 11 is 0. The molecule has 0 amide bonds. The SMILES string of the molecule is CCC1CCC(NCc2c(C)n[nH]c2C)CC1. The van der Waals surface area contributed by atoms with Crippen LogP contribution in [0.4, 0.5) is 0 Å². The zero-order valence-electron chi connectivity index (χ0n) is 11.3. The van der Waals surface area contributed by atoms with Crippen molar-refractivity contribution in [2.24, 2.45) is 5.92 Å². The molecule has 17 heavy (non-hydrogen) atoms. The van der Waals surface area contributed by atoms with Crippen LogP contribution in [0.5, 0.6) is 0 Å². The number of aromatic nitrogens is 2. The number of nitrogens with zero attached hydrogens (tertiary/aromatic N) is 1. The minimum atomic E-state index is 0.714. The van der Waals surface area contributed by atoms with Crippen molar-refractivity contribution in [2.75, 3.05) is 0 Å². The highest BCUT2D eigenvalue weighted by atomic mass is 15.1. The van der Waals surface area contributed by atoms with Crippen molar-refractivity contribution in [1.82, 2.24) is 15.5 Å². The van der Waals surface area contributed by atoms with Gasteiger partial charge < -0.3 is 5.32 Å². The minimum Gasteiger partial charge on any atom is -0.310 e. The Labute approximate surface area is 104 Å². The molecule has 0 aliphatic heterocycles. The largest absolute Gasteiger partial charge is 0.310 e. The summed E-state index contributed by atoms with van der Waals surface area (Å²) in [6.07, 6.45) is 6.84. The topological polar surface area (TPSA) is 40.7 Å². The van der Waals surface area contributed by atoms with Gasteiger partial charge in [-0.3, -0.25) is 5.10 Å². The lowest BCUT2D eigenvalue weighted by molar-refractivity contribution is 0.285. The zero-order valence-corrected chi connectivity index (χ0v) is 11.3. The highest BCUT2D eigenvalue weighted by molar-refractivity contribution is 5.22. The Kier molecular flexibility index (Phi) is 4.21. The second-order valence-electron chi connectivity index (χ2n) is 5.42. The van der Waals surface area contributed by atoms with Gasteiger partial charge in [0, 0.05) is 23.8 Å². The van der Waals surface area contributed by atoms with Gasteiger partial charge in [0.25, 0.3) is 0 Å². The van der Waals surface area contributed by atoms with Crippen molar-refractivity contribution in [3.63, 3.8) is 0 Å². The Morgan fingerprint density at radius 1 is 1.24 bits per heavy atom. The molecule has 1 heterocycles. The lowest BCUT2D eigenvalue weighted by Crippen LogP contribution is -2.32. The van der Waals surface area contributed by atoms with Gasteiger partial charge in [-0.2, -0.15) is 5.10 Å². The molecule has 0 radical (unpaired) electrons. The quantitative estimate of drug-likeness (QED) is 0.842. The average Bonchev–Trinajstić information content (AvgIpc) is 2.67. The van der Waals surface area contributed by atoms with Gasteiger partial charge in [0.05, 0.1) is 5.69 Å². The van der Waals surface area contributed by atoms with Crippen molar-refractivity contribution in [2.45, 2.75) is 65.5 Å². The Morgan fingerprint density at radius 3 is 2.47 bits per heavy atom. The van der Waals surface area contributed by atoms with Gasteiger partial charge in [0.1, 0.15) is 0 Å². The van der Waals surface area contributed by atoms with Crippen LogP contribution < -0.4 is 5.32 Å². The van der Waals surface area contributed by atoms with Crippen LogP contribution in [-0.2, 0) is 6.54 Å². The van der Waals surface area contributed by atoms with Crippen molar-refractivity contribution >= 4 is 0 Å². The van der Waals surface area contributed by atoms with Crippen molar-refractivity contribution in [3.8, 4) is 0 Å². The molecule has 2 rings (SSSR count). The van der Waals surface area contributed by atoms with Crippen molar-refractivity contribution < 1.29 is 0 Å². The van der Waals surface area contributed by atoms with Crippen LogP contribution in [0.25, 0.3) is 0 Å². The van der Waals surface area contributed by atoms with E-state index in [4.69, 9.17) is 0 Å². The summed E-state index contributed by atoms with van der Waals surface area (Å²) in [6.45, 7) is 7.46. The Morgan fingerprint density at radius 2 is 1.94 bits per heavy atom. The molecule has 0 saturated heterocycles. The van der Waals surface area contributed by atoms with E-state index in [2.05, 4.69) is 36.3 Å². The smallest absolute Gasteiger partial charge is 0.0638 e. The highest BCUT2D eigenvalue weighted by Crippen LogP contribution is 2.26. The third-order valence-corrected chi connectivity index (χ3v) is 4.27. The van der Waals surface area contributed by atoms with E-state index >= 15 is 0 Å². The van der Waals surface area contributed by atoms with Gasteiger partial charge in [-0.1, -0.05) is 13.3 Å². The van der Waals surface area contributed by atoms with Gasteiger partial charge in [-0.05, 0) is 45.4 Å². The molecule has 1 aromatic rings. The third-order valence-electron chi connectivity index (χ3n) is 4.27. The summed E-state index contributed by atoms with van der Waals surface area (Å²) in [6, 6.07) is 0.714. The molecule has 0 unspecified atom stereocenters. The van der Waals surface area contributed by atoms with E-state index in [-0.39, 0.29) is 0 Å². The lowest BCUT2D eigenvalue weighted by atomic mass is 9.84. The molecule has 0 atom stereocenters. The molecule has 3 heteroatoms. The Balaban J connectivity index is 1.80. The maximum absolute atomic E-state index is 4.24. The molecular weight excluding hydrogens is 210 g/mol. The van der Waals surface area contributed by atoms with Crippen LogP contribution >= 0.6 is 0 Å². The van der Waals surface area contributed by atoms with Crippen LogP contribution in [0, 0.1) is 19.8 Å². The molecule has 0 bridgehead atoms. The first kappa shape index (κ1) is 12.6. The average molecular weight is 235 g/mol. The normalized spacial score (nSPS) is 25.1. The van der Waals surface area contributed by atoms with Crippen LogP contribution in [0.15, 0.2) is 0 Å². The van der Waals surface area contributed by atoms with Gasteiger partial charge in [-0.15, -0.1) is 0 Å². The molecule has 1 aromatic heterocycles. The fraction of sp³-hybridized carbons (Fsp3) is 0.786. The van der Waals surface area contributed by atoms with E-state index in [1.165, 1.54) is 43.4 Å². The van der Waals surface area contributed by atoms with E-state index in [0.29, 0.717) is 6.04 Å². The molecule has 0 spiro atoms. The number of nitrogens with one attached hydrogen (secondary N) is 2. The molecule has 2 N–H and O–H groups in total. The number of hydrogen-bond donors (Lipinski definition) is 2. The van der Waals surface area contributed by atoms with Gasteiger partial charge >= 0.3 is 0 Å². The minimum absolute atomic E-state index is 0.714. The number of aromatic amines is 1. The van der Waals surface area contributed by atoms with Gasteiger partial charge in [0.2, 0.25) is 0 Å². The fourth-order valence-corrected chi connectivity index (χ4v) is 2.86. The van der Waals surface area contributed by atoms with E-state index < -0.39 is 0 Å². The van der Waals surface area contributed by atoms with Crippen molar-refractivity contribution in [1.29, 1.82) is 0 Å². The number of hydrogen-bond acceptors (Lipinski definition) is 2. The van der Waals surface area contributed by atoms with Crippen LogP contribution in [-0.4, -0.2) is 16.2 Å². The van der Waals surface area contributed by atoms with Crippen molar-refractivity contribution in [3.05, 3.63) is 17.0 Å². The Bertz CT molecular complexity index is 329. The summed E-state index contributed by atoms with van der Waals surface area (Å²) in [5.41, 5.74) is 3.69. The first-order chi connectivity index (χ1) is 8.20. The van der Waals surface area contributed by atoms with E-state index in [1.54, 1.807) is 0 Å². The van der Waals surface area contributed by atoms with Crippen LogP contribution in [0.1, 0.15) is 56.0 Å². The highest BCUT2D eigenvalue weighted by Gasteiger charge is 2.19. The van der Waals surface area contributed by atoms with E-state index in [0.717, 1.165) is 18.2 Å². The maximum atomic E-state index is 4.24. The number of aryl methyl sites for hydroxylation is 2. The van der Waals surface area contributed by atoms with E-state index in [1.807, 2.05) is 0 Å². The zero-order chi connectivity index (χ0) is 12.3. The van der Waals surface area contributed by atoms with E-state index in [9.17, 15) is 0 Å².